The molecule has 4 rings (SSSR count). The maximum Gasteiger partial charge on any atom is 0.215 e. The highest BCUT2D eigenvalue weighted by Crippen LogP contribution is 2.22. The highest BCUT2D eigenvalue weighted by Gasteiger charge is 2.09. The minimum atomic E-state index is 0.711. The summed E-state index contributed by atoms with van der Waals surface area (Å²) < 4.78 is 1.87. The van der Waals surface area contributed by atoms with Crippen LogP contribution in [0.2, 0.25) is 0 Å². The van der Waals surface area contributed by atoms with Crippen molar-refractivity contribution in [1.29, 1.82) is 0 Å². The standard InChI is InChI=1S/C17H15N5/c1-2-12-7-9-13(10-8-12)19-17-20-15-6-4-3-5-14(15)16-21-18-11-22(16)17/h3-11H,2H2,1H3,(H,19,20). The van der Waals surface area contributed by atoms with Gasteiger partial charge in [-0.05, 0) is 36.2 Å². The molecule has 0 atom stereocenters. The molecule has 1 N–H and O–H groups in total. The average molecular weight is 289 g/mol. The summed E-state index contributed by atoms with van der Waals surface area (Å²) in [5, 5.41) is 12.6. The van der Waals surface area contributed by atoms with E-state index in [1.54, 1.807) is 6.33 Å². The SMILES string of the molecule is CCc1ccc(Nc2nc3ccccc3c3nncn23)cc1. The van der Waals surface area contributed by atoms with Gasteiger partial charge in [0.1, 0.15) is 6.33 Å². The fourth-order valence-electron chi connectivity index (χ4n) is 2.54. The van der Waals surface area contributed by atoms with Gasteiger partial charge in [-0.25, -0.2) is 4.98 Å². The number of nitrogens with one attached hydrogen (secondary N) is 1. The largest absolute Gasteiger partial charge is 0.325 e. The maximum absolute atomic E-state index is 4.69. The Hall–Kier alpha value is -2.95. The van der Waals surface area contributed by atoms with E-state index in [4.69, 9.17) is 0 Å². The predicted octanol–water partition coefficient (Wildman–Crippen LogP) is 3.58. The van der Waals surface area contributed by atoms with Crippen LogP contribution in [0.3, 0.4) is 0 Å². The number of fused-ring (bicyclic) bond motifs is 3. The molecule has 0 bridgehead atoms. The highest BCUT2D eigenvalue weighted by molar-refractivity contribution is 5.92. The quantitative estimate of drug-likeness (QED) is 0.626. The van der Waals surface area contributed by atoms with Crippen LogP contribution >= 0.6 is 0 Å². The van der Waals surface area contributed by atoms with Crippen molar-refractivity contribution in [2.24, 2.45) is 0 Å². The molecule has 0 spiro atoms. The van der Waals surface area contributed by atoms with Gasteiger partial charge >= 0.3 is 0 Å². The number of para-hydroxylation sites is 1. The molecular weight excluding hydrogens is 274 g/mol. The molecular formula is C17H15N5. The zero-order chi connectivity index (χ0) is 14.9. The lowest BCUT2D eigenvalue weighted by Gasteiger charge is -2.10. The molecule has 2 aromatic carbocycles. The van der Waals surface area contributed by atoms with Crippen molar-refractivity contribution in [3.05, 3.63) is 60.4 Å². The minimum absolute atomic E-state index is 0.711. The van der Waals surface area contributed by atoms with E-state index in [9.17, 15) is 0 Å². The Bertz CT molecular complexity index is 940. The average Bonchev–Trinajstić information content (AvgIpc) is 3.06. The second-order valence-electron chi connectivity index (χ2n) is 5.15. The summed E-state index contributed by atoms with van der Waals surface area (Å²) in [6.07, 6.45) is 2.71. The van der Waals surface area contributed by atoms with Crippen molar-refractivity contribution in [3.63, 3.8) is 0 Å². The van der Waals surface area contributed by atoms with Crippen LogP contribution in [0.25, 0.3) is 16.6 Å². The van der Waals surface area contributed by atoms with E-state index in [2.05, 4.69) is 51.7 Å². The number of aromatic nitrogens is 4. The summed E-state index contributed by atoms with van der Waals surface area (Å²) in [4.78, 5) is 4.69. The molecule has 0 amide bonds. The molecule has 0 aliphatic carbocycles. The predicted molar refractivity (Wildman–Crippen MR) is 87.4 cm³/mol. The van der Waals surface area contributed by atoms with Crippen LogP contribution in [0.5, 0.6) is 0 Å². The van der Waals surface area contributed by atoms with Crippen molar-refractivity contribution in [3.8, 4) is 0 Å². The zero-order valence-electron chi connectivity index (χ0n) is 12.2. The summed E-state index contributed by atoms with van der Waals surface area (Å²) in [7, 11) is 0. The maximum atomic E-state index is 4.69. The fraction of sp³-hybridized carbons (Fsp3) is 0.118. The van der Waals surface area contributed by atoms with Crippen LogP contribution in [0.15, 0.2) is 54.9 Å². The molecule has 4 aromatic rings. The molecule has 0 saturated carbocycles. The molecule has 5 heteroatoms. The third-order valence-electron chi connectivity index (χ3n) is 3.77. The van der Waals surface area contributed by atoms with E-state index in [1.807, 2.05) is 28.7 Å². The Labute approximate surface area is 127 Å². The lowest BCUT2D eigenvalue weighted by molar-refractivity contribution is 1.08. The molecule has 0 saturated heterocycles. The molecule has 2 heterocycles. The Morgan fingerprint density at radius 1 is 1.05 bits per heavy atom. The summed E-state index contributed by atoms with van der Waals surface area (Å²) >= 11 is 0. The van der Waals surface area contributed by atoms with E-state index in [0.717, 1.165) is 28.7 Å². The second-order valence-corrected chi connectivity index (χ2v) is 5.15. The molecule has 0 aliphatic rings. The van der Waals surface area contributed by atoms with Gasteiger partial charge < -0.3 is 5.32 Å². The van der Waals surface area contributed by atoms with Gasteiger partial charge in [0.15, 0.2) is 5.65 Å². The third-order valence-corrected chi connectivity index (χ3v) is 3.77. The molecule has 5 nitrogen and oxygen atoms in total. The summed E-state index contributed by atoms with van der Waals surface area (Å²) in [6, 6.07) is 16.3. The lowest BCUT2D eigenvalue weighted by atomic mass is 10.1. The number of hydrogen-bond acceptors (Lipinski definition) is 4. The van der Waals surface area contributed by atoms with Crippen LogP contribution < -0.4 is 5.32 Å². The van der Waals surface area contributed by atoms with Gasteiger partial charge in [-0.3, -0.25) is 4.40 Å². The van der Waals surface area contributed by atoms with E-state index < -0.39 is 0 Å². The van der Waals surface area contributed by atoms with Crippen molar-refractivity contribution in [2.45, 2.75) is 13.3 Å². The Morgan fingerprint density at radius 2 is 1.86 bits per heavy atom. The number of hydrogen-bond donors (Lipinski definition) is 1. The Balaban J connectivity index is 1.83. The number of rotatable bonds is 3. The summed E-state index contributed by atoms with van der Waals surface area (Å²) in [5.74, 6) is 0.711. The number of anilines is 2. The van der Waals surface area contributed by atoms with Crippen LogP contribution in [0.1, 0.15) is 12.5 Å². The Morgan fingerprint density at radius 3 is 2.68 bits per heavy atom. The van der Waals surface area contributed by atoms with Crippen molar-refractivity contribution >= 4 is 28.2 Å². The molecule has 108 valence electrons. The van der Waals surface area contributed by atoms with Crippen molar-refractivity contribution in [1.82, 2.24) is 19.6 Å². The van der Waals surface area contributed by atoms with Gasteiger partial charge in [-0.2, -0.15) is 0 Å². The topological polar surface area (TPSA) is 55.1 Å². The summed E-state index contributed by atoms with van der Waals surface area (Å²) in [6.45, 7) is 2.15. The molecule has 0 fully saturated rings. The van der Waals surface area contributed by atoms with Gasteiger partial charge in [-0.15, -0.1) is 10.2 Å². The molecule has 0 aliphatic heterocycles. The fourth-order valence-corrected chi connectivity index (χ4v) is 2.54. The van der Waals surface area contributed by atoms with Crippen molar-refractivity contribution in [2.75, 3.05) is 5.32 Å². The first-order valence-corrected chi connectivity index (χ1v) is 7.29. The molecule has 22 heavy (non-hydrogen) atoms. The number of benzene rings is 2. The smallest absolute Gasteiger partial charge is 0.215 e. The number of nitrogens with zero attached hydrogens (tertiary/aromatic N) is 4. The van der Waals surface area contributed by atoms with Gasteiger partial charge in [0.2, 0.25) is 5.95 Å². The van der Waals surface area contributed by atoms with E-state index in [-0.39, 0.29) is 0 Å². The first-order chi connectivity index (χ1) is 10.8. The second kappa shape index (κ2) is 5.11. The van der Waals surface area contributed by atoms with E-state index in [1.165, 1.54) is 5.56 Å². The first-order valence-electron chi connectivity index (χ1n) is 7.29. The normalized spacial score (nSPS) is 11.1. The van der Waals surface area contributed by atoms with Gasteiger partial charge in [0.25, 0.3) is 0 Å². The third kappa shape index (κ3) is 2.07. The number of aryl methyl sites for hydroxylation is 1. The van der Waals surface area contributed by atoms with E-state index in [0.29, 0.717) is 5.95 Å². The van der Waals surface area contributed by atoms with Crippen LogP contribution in [-0.4, -0.2) is 19.6 Å². The molecule has 0 radical (unpaired) electrons. The van der Waals surface area contributed by atoms with Gasteiger partial charge in [0, 0.05) is 11.1 Å². The van der Waals surface area contributed by atoms with Crippen molar-refractivity contribution < 1.29 is 0 Å². The first kappa shape index (κ1) is 12.8. The molecule has 0 unspecified atom stereocenters. The van der Waals surface area contributed by atoms with Gasteiger partial charge in [-0.1, -0.05) is 31.2 Å². The monoisotopic (exact) mass is 289 g/mol. The van der Waals surface area contributed by atoms with Crippen LogP contribution in [-0.2, 0) is 6.42 Å². The van der Waals surface area contributed by atoms with Crippen LogP contribution in [0, 0.1) is 0 Å². The summed E-state index contributed by atoms with van der Waals surface area (Å²) in [5.41, 5.74) is 4.01. The zero-order valence-corrected chi connectivity index (χ0v) is 12.2. The lowest BCUT2D eigenvalue weighted by Crippen LogP contribution is -2.02. The molecule has 2 aromatic heterocycles. The Kier molecular flexibility index (Phi) is 2.96. The van der Waals surface area contributed by atoms with Crippen LogP contribution in [0.4, 0.5) is 11.6 Å². The van der Waals surface area contributed by atoms with E-state index >= 15 is 0 Å². The highest BCUT2D eigenvalue weighted by atomic mass is 15.3. The minimum Gasteiger partial charge on any atom is -0.325 e. The van der Waals surface area contributed by atoms with Gasteiger partial charge in [0.05, 0.1) is 5.52 Å².